The van der Waals surface area contributed by atoms with Gasteiger partial charge >= 0.3 is 0 Å². The molecule has 4 nitrogen and oxygen atoms in total. The summed E-state index contributed by atoms with van der Waals surface area (Å²) in [7, 11) is 2.20. The van der Waals surface area contributed by atoms with Crippen LogP contribution in [0.4, 0.5) is 0 Å². The van der Waals surface area contributed by atoms with Crippen LogP contribution in [-0.2, 0) is 4.79 Å². The summed E-state index contributed by atoms with van der Waals surface area (Å²) in [5, 5.41) is 0.115. The number of likely N-dealkylation sites (tertiary alicyclic amines) is 1. The van der Waals surface area contributed by atoms with Crippen molar-refractivity contribution < 1.29 is 4.79 Å². The van der Waals surface area contributed by atoms with Gasteiger partial charge in [-0.2, -0.15) is 11.8 Å². The van der Waals surface area contributed by atoms with Crippen LogP contribution in [0.3, 0.4) is 0 Å². The lowest BCUT2D eigenvalue weighted by atomic mass is 9.95. The Hall–Kier alpha value is -0.260. The number of piperazine rings is 1. The quantitative estimate of drug-likeness (QED) is 0.780. The van der Waals surface area contributed by atoms with Crippen molar-refractivity contribution in [2.24, 2.45) is 5.92 Å². The summed E-state index contributed by atoms with van der Waals surface area (Å²) in [5.74, 6) is 1.11. The Kier molecular flexibility index (Phi) is 6.18. The molecule has 2 rings (SSSR count). The normalized spacial score (nSPS) is 24.9. The highest BCUT2D eigenvalue weighted by atomic mass is 32.2. The molecular weight excluding hydrogens is 270 g/mol. The first kappa shape index (κ1) is 16.1. The Labute approximate surface area is 127 Å². The fourth-order valence-electron chi connectivity index (χ4n) is 3.09. The summed E-state index contributed by atoms with van der Waals surface area (Å²) < 4.78 is 0. The van der Waals surface area contributed by atoms with Crippen LogP contribution in [0.25, 0.3) is 0 Å². The minimum atomic E-state index is 0.115. The van der Waals surface area contributed by atoms with Crippen LogP contribution in [0.15, 0.2) is 0 Å². The third-order valence-corrected chi connectivity index (χ3v) is 5.65. The Morgan fingerprint density at radius 2 is 1.75 bits per heavy atom. The summed E-state index contributed by atoms with van der Waals surface area (Å²) in [6, 6.07) is 0. The number of amides is 1. The van der Waals surface area contributed by atoms with Crippen LogP contribution in [0.2, 0.25) is 0 Å². The van der Waals surface area contributed by atoms with E-state index in [9.17, 15) is 4.79 Å². The standard InChI is InChI=1S/C15H29N3OS/c1-13(20-3)15(19)18-6-4-14(5-7-18)12-17-10-8-16(2)9-11-17/h13-14H,4-12H2,1-3H3. The molecule has 0 spiro atoms. The molecule has 0 N–H and O–H groups in total. The third-order valence-electron chi connectivity index (χ3n) is 4.74. The van der Waals surface area contributed by atoms with Crippen LogP contribution in [0.1, 0.15) is 19.8 Å². The fraction of sp³-hybridized carbons (Fsp3) is 0.933. The number of hydrogen-bond donors (Lipinski definition) is 0. The largest absolute Gasteiger partial charge is 0.342 e. The van der Waals surface area contributed by atoms with E-state index < -0.39 is 0 Å². The second-order valence-electron chi connectivity index (χ2n) is 6.25. The average molecular weight is 299 g/mol. The maximum absolute atomic E-state index is 12.2. The van der Waals surface area contributed by atoms with Gasteiger partial charge in [-0.25, -0.2) is 0 Å². The SMILES string of the molecule is CSC(C)C(=O)N1CCC(CN2CCN(C)CC2)CC1. The van der Waals surface area contributed by atoms with Crippen LogP contribution in [0.5, 0.6) is 0 Å². The van der Waals surface area contributed by atoms with Crippen molar-refractivity contribution in [2.75, 3.05) is 59.1 Å². The van der Waals surface area contributed by atoms with E-state index in [1.807, 2.05) is 13.2 Å². The number of nitrogens with zero attached hydrogens (tertiary/aromatic N) is 3. The zero-order valence-corrected chi connectivity index (χ0v) is 14.0. The maximum atomic E-state index is 12.2. The predicted octanol–water partition coefficient (Wildman–Crippen LogP) is 1.22. The molecule has 0 bridgehead atoms. The molecule has 5 heteroatoms. The van der Waals surface area contributed by atoms with Gasteiger partial charge in [-0.15, -0.1) is 0 Å². The Bertz CT molecular complexity index is 310. The van der Waals surface area contributed by atoms with E-state index in [1.165, 1.54) is 45.6 Å². The summed E-state index contributed by atoms with van der Waals surface area (Å²) in [6.07, 6.45) is 4.38. The molecule has 0 aromatic carbocycles. The van der Waals surface area contributed by atoms with E-state index in [2.05, 4.69) is 21.7 Å². The number of likely N-dealkylation sites (N-methyl/N-ethyl adjacent to an activating group) is 1. The van der Waals surface area contributed by atoms with E-state index in [4.69, 9.17) is 0 Å². The molecule has 0 aliphatic carbocycles. The van der Waals surface area contributed by atoms with Crippen molar-refractivity contribution in [1.29, 1.82) is 0 Å². The van der Waals surface area contributed by atoms with E-state index in [0.29, 0.717) is 5.91 Å². The smallest absolute Gasteiger partial charge is 0.235 e. The Morgan fingerprint density at radius 1 is 1.15 bits per heavy atom. The van der Waals surface area contributed by atoms with Gasteiger partial charge in [0.1, 0.15) is 0 Å². The second kappa shape index (κ2) is 7.66. The van der Waals surface area contributed by atoms with Crippen LogP contribution >= 0.6 is 11.8 Å². The molecule has 20 heavy (non-hydrogen) atoms. The lowest BCUT2D eigenvalue weighted by Gasteiger charge is -2.38. The molecule has 116 valence electrons. The van der Waals surface area contributed by atoms with Gasteiger partial charge in [0.2, 0.25) is 5.91 Å². The molecule has 0 saturated carbocycles. The number of thioether (sulfide) groups is 1. The molecule has 2 saturated heterocycles. The van der Waals surface area contributed by atoms with Gasteiger partial charge in [-0.05, 0) is 39.0 Å². The van der Waals surface area contributed by atoms with Gasteiger partial charge in [0, 0.05) is 45.8 Å². The van der Waals surface area contributed by atoms with Crippen molar-refractivity contribution in [3.8, 4) is 0 Å². The highest BCUT2D eigenvalue weighted by molar-refractivity contribution is 7.99. The van der Waals surface area contributed by atoms with Crippen molar-refractivity contribution in [1.82, 2.24) is 14.7 Å². The molecule has 1 unspecified atom stereocenters. The summed E-state index contributed by atoms with van der Waals surface area (Å²) in [6.45, 7) is 9.98. The van der Waals surface area contributed by atoms with Crippen molar-refractivity contribution in [2.45, 2.75) is 25.0 Å². The van der Waals surface area contributed by atoms with Gasteiger partial charge in [0.25, 0.3) is 0 Å². The van der Waals surface area contributed by atoms with Crippen molar-refractivity contribution in [3.05, 3.63) is 0 Å². The van der Waals surface area contributed by atoms with E-state index in [-0.39, 0.29) is 5.25 Å². The van der Waals surface area contributed by atoms with Crippen molar-refractivity contribution in [3.63, 3.8) is 0 Å². The number of carbonyl (C=O) groups is 1. The molecule has 2 fully saturated rings. The topological polar surface area (TPSA) is 26.8 Å². The van der Waals surface area contributed by atoms with Crippen LogP contribution < -0.4 is 0 Å². The third kappa shape index (κ3) is 4.37. The molecular formula is C15H29N3OS. The minimum absolute atomic E-state index is 0.115. The molecule has 0 aromatic heterocycles. The van der Waals surface area contributed by atoms with E-state index >= 15 is 0 Å². The maximum Gasteiger partial charge on any atom is 0.235 e. The zero-order valence-electron chi connectivity index (χ0n) is 13.2. The minimum Gasteiger partial charge on any atom is -0.342 e. The lowest BCUT2D eigenvalue weighted by Crippen LogP contribution is -2.48. The van der Waals surface area contributed by atoms with Gasteiger partial charge in [-0.1, -0.05) is 0 Å². The number of carbonyl (C=O) groups excluding carboxylic acids is 1. The first-order chi connectivity index (χ1) is 9.60. The average Bonchev–Trinajstić information content (AvgIpc) is 2.49. The van der Waals surface area contributed by atoms with Gasteiger partial charge in [0.15, 0.2) is 0 Å². The highest BCUT2D eigenvalue weighted by Crippen LogP contribution is 2.21. The molecule has 1 amide bonds. The highest BCUT2D eigenvalue weighted by Gasteiger charge is 2.27. The predicted molar refractivity (Wildman–Crippen MR) is 86.2 cm³/mol. The summed E-state index contributed by atoms with van der Waals surface area (Å²) in [5.41, 5.74) is 0. The molecule has 1 atom stereocenters. The van der Waals surface area contributed by atoms with Gasteiger partial charge in [-0.3, -0.25) is 4.79 Å². The van der Waals surface area contributed by atoms with Crippen LogP contribution in [-0.4, -0.2) is 85.0 Å². The monoisotopic (exact) mass is 299 g/mol. The van der Waals surface area contributed by atoms with E-state index in [1.54, 1.807) is 11.8 Å². The number of piperidine rings is 1. The molecule has 0 aromatic rings. The lowest BCUT2D eigenvalue weighted by molar-refractivity contribution is -0.131. The number of rotatable bonds is 4. The van der Waals surface area contributed by atoms with Crippen molar-refractivity contribution >= 4 is 17.7 Å². The first-order valence-electron chi connectivity index (χ1n) is 7.82. The van der Waals surface area contributed by atoms with Gasteiger partial charge < -0.3 is 14.7 Å². The fourth-order valence-corrected chi connectivity index (χ4v) is 3.44. The summed E-state index contributed by atoms with van der Waals surface area (Å²) >= 11 is 1.65. The molecule has 2 heterocycles. The van der Waals surface area contributed by atoms with Gasteiger partial charge in [0.05, 0.1) is 5.25 Å². The summed E-state index contributed by atoms with van der Waals surface area (Å²) in [4.78, 5) is 19.2. The Balaban J connectivity index is 1.70. The zero-order chi connectivity index (χ0) is 14.5. The number of hydrogen-bond acceptors (Lipinski definition) is 4. The first-order valence-corrected chi connectivity index (χ1v) is 9.11. The Morgan fingerprint density at radius 3 is 2.30 bits per heavy atom. The van der Waals surface area contributed by atoms with Crippen LogP contribution in [0, 0.1) is 5.92 Å². The van der Waals surface area contributed by atoms with E-state index in [0.717, 1.165) is 19.0 Å². The second-order valence-corrected chi connectivity index (χ2v) is 7.43. The molecule has 2 aliphatic heterocycles. The molecule has 0 radical (unpaired) electrons. The molecule has 2 aliphatic rings.